The number of carbonyl (C=O) groups excluding carboxylic acids is 1. The van der Waals surface area contributed by atoms with Crippen LogP contribution in [0.25, 0.3) is 0 Å². The summed E-state index contributed by atoms with van der Waals surface area (Å²) in [6, 6.07) is 14.0. The highest BCUT2D eigenvalue weighted by Crippen LogP contribution is 2.31. The first-order valence-electron chi connectivity index (χ1n) is 8.44. The van der Waals surface area contributed by atoms with Gasteiger partial charge in [0.15, 0.2) is 0 Å². The lowest BCUT2D eigenvalue weighted by Crippen LogP contribution is -2.32. The summed E-state index contributed by atoms with van der Waals surface area (Å²) in [6.07, 6.45) is 1.38. The van der Waals surface area contributed by atoms with Crippen LogP contribution in [-0.4, -0.2) is 26.9 Å². The Labute approximate surface area is 148 Å². The summed E-state index contributed by atoms with van der Waals surface area (Å²) in [7, 11) is -3.54. The highest BCUT2D eigenvalue weighted by atomic mass is 32.2. The summed E-state index contributed by atoms with van der Waals surface area (Å²) in [4.78, 5) is 14.6. The van der Waals surface area contributed by atoms with Crippen molar-refractivity contribution in [2.45, 2.75) is 37.6 Å². The summed E-state index contributed by atoms with van der Waals surface area (Å²) in [5.74, 6) is -0.0623. The molecule has 0 aliphatic carbocycles. The van der Waals surface area contributed by atoms with Gasteiger partial charge in [-0.3, -0.25) is 4.79 Å². The topological polar surface area (TPSA) is 66.5 Å². The molecule has 3 rings (SSSR count). The molecule has 1 amide bonds. The fourth-order valence-electron chi connectivity index (χ4n) is 2.91. The van der Waals surface area contributed by atoms with Crippen LogP contribution in [-0.2, 0) is 16.4 Å². The Hall–Kier alpha value is -2.18. The molecule has 0 radical (unpaired) electrons. The summed E-state index contributed by atoms with van der Waals surface area (Å²) in [5.41, 5.74) is 2.30. The predicted molar refractivity (Wildman–Crippen MR) is 98.3 cm³/mol. The quantitative estimate of drug-likeness (QED) is 0.893. The minimum atomic E-state index is -3.54. The van der Waals surface area contributed by atoms with Gasteiger partial charge in [-0.05, 0) is 55.7 Å². The number of sulfonamides is 1. The Balaban J connectivity index is 1.87. The molecule has 132 valence electrons. The largest absolute Gasteiger partial charge is 0.308 e. The van der Waals surface area contributed by atoms with E-state index in [-0.39, 0.29) is 16.8 Å². The van der Waals surface area contributed by atoms with Crippen LogP contribution >= 0.6 is 0 Å². The van der Waals surface area contributed by atoms with Crippen LogP contribution in [0.15, 0.2) is 53.4 Å². The van der Waals surface area contributed by atoms with Gasteiger partial charge in [-0.1, -0.05) is 25.1 Å². The van der Waals surface area contributed by atoms with E-state index in [0.717, 1.165) is 17.7 Å². The number of amides is 1. The number of anilines is 1. The lowest BCUT2D eigenvalue weighted by Gasteiger charge is -2.18. The number of nitrogens with zero attached hydrogens (tertiary/aromatic N) is 1. The second kappa shape index (κ2) is 6.98. The van der Waals surface area contributed by atoms with Crippen LogP contribution in [0.3, 0.4) is 0 Å². The predicted octanol–water partition coefficient (Wildman–Crippen LogP) is 2.97. The second-order valence-corrected chi connectivity index (χ2v) is 8.01. The third-order valence-electron chi connectivity index (χ3n) is 4.49. The molecule has 1 aliphatic heterocycles. The van der Waals surface area contributed by atoms with E-state index >= 15 is 0 Å². The van der Waals surface area contributed by atoms with Gasteiger partial charge >= 0.3 is 0 Å². The van der Waals surface area contributed by atoms with Crippen LogP contribution in [0.1, 0.15) is 36.2 Å². The zero-order chi connectivity index (χ0) is 18.0. The van der Waals surface area contributed by atoms with Gasteiger partial charge in [0, 0.05) is 23.8 Å². The van der Waals surface area contributed by atoms with E-state index in [9.17, 15) is 13.2 Å². The van der Waals surface area contributed by atoms with Crippen LogP contribution in [0.2, 0.25) is 0 Å². The highest BCUT2D eigenvalue weighted by molar-refractivity contribution is 7.89. The van der Waals surface area contributed by atoms with Crippen molar-refractivity contribution in [3.63, 3.8) is 0 Å². The molecule has 1 aliphatic rings. The van der Waals surface area contributed by atoms with Gasteiger partial charge in [0.1, 0.15) is 0 Å². The minimum absolute atomic E-state index is 0.0623. The number of fused-ring (bicyclic) bond motifs is 1. The number of rotatable bonds is 5. The normalized spacial score (nSPS) is 15.0. The number of hydrogen-bond acceptors (Lipinski definition) is 3. The van der Waals surface area contributed by atoms with Crippen LogP contribution in [0.4, 0.5) is 5.69 Å². The molecule has 0 unspecified atom stereocenters. The standard InChI is InChI=1S/C19H22N2O3S/c1-3-14(2)20-25(23,24)17-9-10-18-16(13-17)11-12-21(18)19(22)15-7-5-4-6-8-15/h4-10,13-14,20H,3,11-12H2,1-2H3/t14-/m1/s1. The van der Waals surface area contributed by atoms with Crippen LogP contribution in [0.5, 0.6) is 0 Å². The van der Waals surface area contributed by atoms with Gasteiger partial charge in [0.2, 0.25) is 10.0 Å². The Morgan fingerprint density at radius 1 is 1.20 bits per heavy atom. The van der Waals surface area contributed by atoms with Gasteiger partial charge in [0.25, 0.3) is 5.91 Å². The maximum Gasteiger partial charge on any atom is 0.258 e. The average molecular weight is 358 g/mol. The van der Waals surface area contributed by atoms with Gasteiger partial charge in [-0.15, -0.1) is 0 Å². The Morgan fingerprint density at radius 3 is 2.60 bits per heavy atom. The highest BCUT2D eigenvalue weighted by Gasteiger charge is 2.27. The molecule has 1 heterocycles. The fraction of sp³-hybridized carbons (Fsp3) is 0.316. The smallest absolute Gasteiger partial charge is 0.258 e. The Kier molecular flexibility index (Phi) is 4.92. The minimum Gasteiger partial charge on any atom is -0.308 e. The van der Waals surface area contributed by atoms with E-state index in [0.29, 0.717) is 18.5 Å². The lowest BCUT2D eigenvalue weighted by molar-refractivity contribution is 0.0989. The molecule has 0 saturated carbocycles. The van der Waals surface area contributed by atoms with Gasteiger partial charge in [-0.2, -0.15) is 0 Å². The van der Waals surface area contributed by atoms with Crippen molar-refractivity contribution in [3.8, 4) is 0 Å². The molecule has 0 spiro atoms. The van der Waals surface area contributed by atoms with Crippen molar-refractivity contribution < 1.29 is 13.2 Å². The molecule has 1 atom stereocenters. The number of nitrogens with one attached hydrogen (secondary N) is 1. The molecule has 0 bridgehead atoms. The summed E-state index contributed by atoms with van der Waals surface area (Å²) in [6.45, 7) is 4.33. The van der Waals surface area contributed by atoms with Crippen LogP contribution < -0.4 is 9.62 Å². The first kappa shape index (κ1) is 17.6. The molecule has 2 aromatic carbocycles. The van der Waals surface area contributed by atoms with Crippen molar-refractivity contribution in [2.24, 2.45) is 0 Å². The third kappa shape index (κ3) is 3.60. The first-order valence-corrected chi connectivity index (χ1v) is 9.93. The molecule has 5 nitrogen and oxygen atoms in total. The Morgan fingerprint density at radius 2 is 1.92 bits per heavy atom. The SMILES string of the molecule is CC[C@@H](C)NS(=O)(=O)c1ccc2c(c1)CCN2C(=O)c1ccccc1. The molecule has 0 saturated heterocycles. The Bertz CT molecular complexity index is 879. The van der Waals surface area contributed by atoms with E-state index < -0.39 is 10.0 Å². The number of hydrogen-bond donors (Lipinski definition) is 1. The summed E-state index contributed by atoms with van der Waals surface area (Å²) >= 11 is 0. The molecule has 2 aromatic rings. The fourth-order valence-corrected chi connectivity index (χ4v) is 4.29. The molecule has 0 fully saturated rings. The van der Waals surface area contributed by atoms with Crippen LogP contribution in [0, 0.1) is 0 Å². The second-order valence-electron chi connectivity index (χ2n) is 6.29. The van der Waals surface area contributed by atoms with E-state index in [2.05, 4.69) is 4.72 Å². The van der Waals surface area contributed by atoms with E-state index in [1.165, 1.54) is 0 Å². The lowest BCUT2D eigenvalue weighted by atomic mass is 10.1. The molecule has 6 heteroatoms. The summed E-state index contributed by atoms with van der Waals surface area (Å²) < 4.78 is 27.6. The maximum absolute atomic E-state index is 12.7. The molecular weight excluding hydrogens is 336 g/mol. The molecule has 1 N–H and O–H groups in total. The van der Waals surface area contributed by atoms with Crippen molar-refractivity contribution >= 4 is 21.6 Å². The van der Waals surface area contributed by atoms with Crippen molar-refractivity contribution in [1.29, 1.82) is 0 Å². The molecule has 0 aromatic heterocycles. The third-order valence-corrected chi connectivity index (χ3v) is 6.08. The number of carbonyl (C=O) groups is 1. The monoisotopic (exact) mass is 358 g/mol. The average Bonchev–Trinajstić information content (AvgIpc) is 3.04. The van der Waals surface area contributed by atoms with E-state index in [4.69, 9.17) is 0 Å². The summed E-state index contributed by atoms with van der Waals surface area (Å²) in [5, 5.41) is 0. The molecule has 25 heavy (non-hydrogen) atoms. The first-order chi connectivity index (χ1) is 11.9. The van der Waals surface area contributed by atoms with Gasteiger partial charge in [-0.25, -0.2) is 13.1 Å². The zero-order valence-corrected chi connectivity index (χ0v) is 15.2. The zero-order valence-electron chi connectivity index (χ0n) is 14.4. The van der Waals surface area contributed by atoms with Crippen molar-refractivity contribution in [3.05, 3.63) is 59.7 Å². The number of benzene rings is 2. The molecular formula is C19H22N2O3S. The van der Waals surface area contributed by atoms with Gasteiger partial charge in [0.05, 0.1) is 4.90 Å². The van der Waals surface area contributed by atoms with Crippen molar-refractivity contribution in [1.82, 2.24) is 4.72 Å². The van der Waals surface area contributed by atoms with E-state index in [1.54, 1.807) is 35.2 Å². The van der Waals surface area contributed by atoms with E-state index in [1.807, 2.05) is 32.0 Å². The maximum atomic E-state index is 12.7. The van der Waals surface area contributed by atoms with Crippen molar-refractivity contribution in [2.75, 3.05) is 11.4 Å². The van der Waals surface area contributed by atoms with Gasteiger partial charge < -0.3 is 4.90 Å².